The quantitative estimate of drug-likeness (QED) is 0.413. The Morgan fingerprint density at radius 3 is 2.25 bits per heavy atom. The first-order valence-electron chi connectivity index (χ1n) is 13.3. The highest BCUT2D eigenvalue weighted by Crippen LogP contribution is 2.26. The van der Waals surface area contributed by atoms with Gasteiger partial charge < -0.3 is 9.64 Å². The van der Waals surface area contributed by atoms with Crippen molar-refractivity contribution in [1.29, 1.82) is 0 Å². The summed E-state index contributed by atoms with van der Waals surface area (Å²) < 4.78 is 5.47. The lowest BCUT2D eigenvalue weighted by Crippen LogP contribution is -2.39. The SMILES string of the molecule is CC(C)(C)OC(=O)N1CC=C(c2ccc(C(=O)CCC3CCN(Cc4ccccc4)CC3)cc2)CC1. The van der Waals surface area contributed by atoms with Gasteiger partial charge in [-0.15, -0.1) is 0 Å². The molecule has 0 bridgehead atoms. The molecule has 1 saturated heterocycles. The summed E-state index contributed by atoms with van der Waals surface area (Å²) in [5.74, 6) is 0.877. The Kier molecular flexibility index (Phi) is 8.63. The molecule has 1 amide bonds. The van der Waals surface area contributed by atoms with E-state index in [2.05, 4.69) is 41.3 Å². The number of ketones is 1. The molecule has 0 aliphatic carbocycles. The molecule has 0 aromatic heterocycles. The lowest BCUT2D eigenvalue weighted by molar-refractivity contribution is 0.0270. The molecule has 5 heteroatoms. The van der Waals surface area contributed by atoms with Gasteiger partial charge >= 0.3 is 6.09 Å². The maximum Gasteiger partial charge on any atom is 0.410 e. The van der Waals surface area contributed by atoms with Crippen LogP contribution in [0.25, 0.3) is 5.57 Å². The van der Waals surface area contributed by atoms with Gasteiger partial charge in [0.25, 0.3) is 0 Å². The largest absolute Gasteiger partial charge is 0.444 e. The molecule has 2 heterocycles. The lowest BCUT2D eigenvalue weighted by atomic mass is 9.90. The average Bonchev–Trinajstić information content (AvgIpc) is 2.88. The van der Waals surface area contributed by atoms with Crippen molar-refractivity contribution in [2.24, 2.45) is 5.92 Å². The summed E-state index contributed by atoms with van der Waals surface area (Å²) in [5.41, 5.74) is 4.03. The first kappa shape index (κ1) is 26.2. The van der Waals surface area contributed by atoms with Crippen molar-refractivity contribution < 1.29 is 14.3 Å². The minimum Gasteiger partial charge on any atom is -0.444 e. The van der Waals surface area contributed by atoms with Gasteiger partial charge in [0.2, 0.25) is 0 Å². The number of amides is 1. The number of rotatable bonds is 7. The minimum atomic E-state index is -0.483. The molecule has 192 valence electrons. The molecule has 2 aliphatic heterocycles. The first-order valence-corrected chi connectivity index (χ1v) is 13.3. The van der Waals surface area contributed by atoms with Gasteiger partial charge in [0, 0.05) is 31.6 Å². The zero-order chi connectivity index (χ0) is 25.5. The van der Waals surface area contributed by atoms with Crippen molar-refractivity contribution in [1.82, 2.24) is 9.80 Å². The third-order valence-electron chi connectivity index (χ3n) is 7.17. The number of hydrogen-bond acceptors (Lipinski definition) is 4. The number of carbonyl (C=O) groups is 2. The van der Waals surface area contributed by atoms with Crippen LogP contribution >= 0.6 is 0 Å². The Labute approximate surface area is 216 Å². The van der Waals surface area contributed by atoms with Crippen molar-refractivity contribution in [3.8, 4) is 0 Å². The van der Waals surface area contributed by atoms with Crippen LogP contribution in [-0.2, 0) is 11.3 Å². The fourth-order valence-electron chi connectivity index (χ4n) is 5.05. The van der Waals surface area contributed by atoms with Crippen LogP contribution in [0.15, 0.2) is 60.7 Å². The van der Waals surface area contributed by atoms with Gasteiger partial charge in [-0.25, -0.2) is 4.79 Å². The summed E-state index contributed by atoms with van der Waals surface area (Å²) in [6.07, 6.45) is 6.56. The van der Waals surface area contributed by atoms with Crippen LogP contribution in [-0.4, -0.2) is 53.5 Å². The monoisotopic (exact) mass is 488 g/mol. The van der Waals surface area contributed by atoms with Crippen LogP contribution in [0.1, 0.15) is 74.4 Å². The molecular formula is C31H40N2O3. The topological polar surface area (TPSA) is 49.9 Å². The number of piperidine rings is 1. The highest BCUT2D eigenvalue weighted by Gasteiger charge is 2.24. The van der Waals surface area contributed by atoms with Crippen molar-refractivity contribution in [2.75, 3.05) is 26.2 Å². The molecule has 0 radical (unpaired) electrons. The van der Waals surface area contributed by atoms with E-state index in [0.717, 1.165) is 43.6 Å². The highest BCUT2D eigenvalue weighted by atomic mass is 16.6. The Balaban J connectivity index is 1.21. The molecule has 2 aromatic carbocycles. The molecular weight excluding hydrogens is 448 g/mol. The van der Waals surface area contributed by atoms with Crippen molar-refractivity contribution >= 4 is 17.4 Å². The third-order valence-corrected chi connectivity index (χ3v) is 7.17. The van der Waals surface area contributed by atoms with Crippen LogP contribution in [0.4, 0.5) is 4.79 Å². The van der Waals surface area contributed by atoms with Crippen LogP contribution in [0.3, 0.4) is 0 Å². The maximum absolute atomic E-state index is 12.8. The molecule has 4 rings (SSSR count). The average molecular weight is 489 g/mol. The fraction of sp³-hybridized carbons (Fsp3) is 0.484. The van der Waals surface area contributed by atoms with Gasteiger partial charge in [0.15, 0.2) is 5.78 Å². The van der Waals surface area contributed by atoms with E-state index in [1.165, 1.54) is 24.0 Å². The van der Waals surface area contributed by atoms with E-state index in [9.17, 15) is 9.59 Å². The standard InChI is InChI=1S/C31H40N2O3/c1-31(2,3)36-30(35)33-21-17-27(18-22-33)26-10-12-28(13-11-26)29(34)14-9-24-15-19-32(20-16-24)23-25-7-5-4-6-8-25/h4-8,10-13,17,24H,9,14-16,18-23H2,1-3H3. The minimum absolute atomic E-state index is 0.238. The van der Waals surface area contributed by atoms with Crippen molar-refractivity contribution in [2.45, 2.75) is 65.0 Å². The van der Waals surface area contributed by atoms with Crippen LogP contribution < -0.4 is 0 Å². The van der Waals surface area contributed by atoms with E-state index in [0.29, 0.717) is 25.4 Å². The molecule has 0 N–H and O–H groups in total. The molecule has 0 atom stereocenters. The third kappa shape index (κ3) is 7.54. The molecule has 1 fully saturated rings. The highest BCUT2D eigenvalue weighted by molar-refractivity contribution is 5.96. The second-order valence-corrected chi connectivity index (χ2v) is 11.2. The molecule has 0 unspecified atom stereocenters. The number of benzene rings is 2. The van der Waals surface area contributed by atoms with Gasteiger partial charge in [-0.2, -0.15) is 0 Å². The molecule has 2 aliphatic rings. The normalized spacial score (nSPS) is 17.5. The number of ether oxygens (including phenoxy) is 1. The Morgan fingerprint density at radius 1 is 0.944 bits per heavy atom. The number of Topliss-reactive ketones (excluding diaryl/α,β-unsaturated/α-hetero) is 1. The molecule has 0 saturated carbocycles. The van der Waals surface area contributed by atoms with Crippen molar-refractivity contribution in [3.05, 3.63) is 77.4 Å². The summed E-state index contributed by atoms with van der Waals surface area (Å²) in [5, 5.41) is 0. The first-order chi connectivity index (χ1) is 17.3. The zero-order valence-electron chi connectivity index (χ0n) is 22.0. The van der Waals surface area contributed by atoms with Gasteiger partial charge in [0.1, 0.15) is 5.60 Å². The summed E-state index contributed by atoms with van der Waals surface area (Å²) >= 11 is 0. The lowest BCUT2D eigenvalue weighted by Gasteiger charge is -2.32. The smallest absolute Gasteiger partial charge is 0.410 e. The number of likely N-dealkylation sites (tertiary alicyclic amines) is 1. The van der Waals surface area contributed by atoms with E-state index in [-0.39, 0.29) is 11.9 Å². The summed E-state index contributed by atoms with van der Waals surface area (Å²) in [6, 6.07) is 18.7. The Bertz CT molecular complexity index is 1050. The number of hydrogen-bond donors (Lipinski definition) is 0. The van der Waals surface area contributed by atoms with Crippen molar-refractivity contribution in [3.63, 3.8) is 0 Å². The summed E-state index contributed by atoms with van der Waals surface area (Å²) in [6.45, 7) is 10.1. The summed E-state index contributed by atoms with van der Waals surface area (Å²) in [7, 11) is 0. The van der Waals surface area contributed by atoms with Gasteiger partial charge in [-0.1, -0.05) is 60.7 Å². The molecule has 5 nitrogen and oxygen atoms in total. The molecule has 0 spiro atoms. The van der Waals surface area contributed by atoms with Crippen LogP contribution in [0.5, 0.6) is 0 Å². The Hall–Kier alpha value is -2.92. The Morgan fingerprint density at radius 2 is 1.64 bits per heavy atom. The van der Waals surface area contributed by atoms with Gasteiger partial charge in [0.05, 0.1) is 0 Å². The zero-order valence-corrected chi connectivity index (χ0v) is 22.0. The van der Waals surface area contributed by atoms with E-state index in [1.807, 2.05) is 45.0 Å². The second-order valence-electron chi connectivity index (χ2n) is 11.2. The van der Waals surface area contributed by atoms with E-state index in [1.54, 1.807) is 4.90 Å². The number of nitrogens with zero attached hydrogens (tertiary/aromatic N) is 2. The molecule has 36 heavy (non-hydrogen) atoms. The fourth-order valence-corrected chi connectivity index (χ4v) is 5.05. The van der Waals surface area contributed by atoms with E-state index >= 15 is 0 Å². The molecule has 2 aromatic rings. The van der Waals surface area contributed by atoms with Crippen LogP contribution in [0.2, 0.25) is 0 Å². The van der Waals surface area contributed by atoms with E-state index < -0.39 is 5.60 Å². The predicted molar refractivity (Wildman–Crippen MR) is 145 cm³/mol. The predicted octanol–water partition coefficient (Wildman–Crippen LogP) is 6.59. The second kappa shape index (κ2) is 11.9. The van der Waals surface area contributed by atoms with E-state index in [4.69, 9.17) is 4.74 Å². The number of carbonyl (C=O) groups excluding carboxylic acids is 2. The van der Waals surface area contributed by atoms with Crippen LogP contribution in [0, 0.1) is 5.92 Å². The van der Waals surface area contributed by atoms with Gasteiger partial charge in [-0.05, 0) is 82.2 Å². The maximum atomic E-state index is 12.8. The van der Waals surface area contributed by atoms with Gasteiger partial charge in [-0.3, -0.25) is 9.69 Å². The summed E-state index contributed by atoms with van der Waals surface area (Å²) in [4.78, 5) is 29.4.